The van der Waals surface area contributed by atoms with Gasteiger partial charge in [0.1, 0.15) is 5.75 Å². The second-order valence-electron chi connectivity index (χ2n) is 7.90. The summed E-state index contributed by atoms with van der Waals surface area (Å²) in [5, 5.41) is 8.37. The zero-order valence-corrected chi connectivity index (χ0v) is 17.4. The number of imidazole rings is 1. The van der Waals surface area contributed by atoms with Gasteiger partial charge >= 0.3 is 0 Å². The van der Waals surface area contributed by atoms with E-state index in [0.29, 0.717) is 0 Å². The lowest BCUT2D eigenvalue weighted by Gasteiger charge is -2.40. The number of hydrogen-bond donors (Lipinski definition) is 1. The highest BCUT2D eigenvalue weighted by atomic mass is 32.2. The van der Waals surface area contributed by atoms with E-state index in [2.05, 4.69) is 20.4 Å². The molecule has 7 heteroatoms. The van der Waals surface area contributed by atoms with Gasteiger partial charge in [0.15, 0.2) is 5.65 Å². The second-order valence-corrected chi connectivity index (χ2v) is 8.98. The number of benzene rings is 1. The Hall–Kier alpha value is -2.54. The lowest BCUT2D eigenvalue weighted by Crippen LogP contribution is -2.43. The van der Waals surface area contributed by atoms with Crippen molar-refractivity contribution in [2.75, 3.05) is 25.1 Å². The molecule has 3 aromatic rings. The molecule has 2 aromatic heterocycles. The average Bonchev–Trinajstić information content (AvgIpc) is 3.38. The van der Waals surface area contributed by atoms with Crippen molar-refractivity contribution in [1.82, 2.24) is 14.4 Å². The Morgan fingerprint density at radius 1 is 1.10 bits per heavy atom. The zero-order chi connectivity index (χ0) is 19.8. The number of nitrogens with one attached hydrogen (secondary N) is 1. The lowest BCUT2D eigenvalue weighted by molar-refractivity contribution is 0.316. The molecule has 1 N–H and O–H groups in total. The van der Waals surface area contributed by atoms with Crippen molar-refractivity contribution in [2.24, 2.45) is 5.41 Å². The van der Waals surface area contributed by atoms with Crippen LogP contribution in [-0.2, 0) is 0 Å². The van der Waals surface area contributed by atoms with Crippen molar-refractivity contribution in [3.05, 3.63) is 42.9 Å². The third-order valence-electron chi connectivity index (χ3n) is 6.39. The van der Waals surface area contributed by atoms with Crippen LogP contribution in [0.3, 0.4) is 0 Å². The van der Waals surface area contributed by atoms with E-state index in [9.17, 15) is 0 Å². The normalized spacial score (nSPS) is 18.7. The number of methoxy groups -OCH3 is 1. The minimum absolute atomic E-state index is 0.157. The number of rotatable bonds is 4. The summed E-state index contributed by atoms with van der Waals surface area (Å²) >= 11 is 1.63. The summed E-state index contributed by atoms with van der Waals surface area (Å²) < 4.78 is 7.58. The van der Waals surface area contributed by atoms with Crippen LogP contribution in [0.2, 0.25) is 0 Å². The molecule has 1 aromatic carbocycles. The molecule has 1 aliphatic heterocycles. The van der Waals surface area contributed by atoms with E-state index in [0.717, 1.165) is 65.2 Å². The van der Waals surface area contributed by atoms with E-state index in [4.69, 9.17) is 15.1 Å². The summed E-state index contributed by atoms with van der Waals surface area (Å²) in [7, 11) is 1.69. The van der Waals surface area contributed by atoms with Gasteiger partial charge in [0.2, 0.25) is 5.95 Å². The van der Waals surface area contributed by atoms with Crippen LogP contribution in [0.25, 0.3) is 5.65 Å². The van der Waals surface area contributed by atoms with Gasteiger partial charge in [-0.3, -0.25) is 4.40 Å². The molecule has 3 heterocycles. The molecule has 1 spiro atoms. The molecular weight excluding hydrogens is 382 g/mol. The van der Waals surface area contributed by atoms with Crippen LogP contribution in [0.1, 0.15) is 32.1 Å². The maximum absolute atomic E-state index is 8.37. The molecule has 0 unspecified atom stereocenters. The molecule has 0 atom stereocenters. The Morgan fingerprint density at radius 2 is 1.93 bits per heavy atom. The van der Waals surface area contributed by atoms with Gasteiger partial charge in [-0.05, 0) is 44.2 Å². The number of nitrogens with zero attached hydrogens (tertiary/aromatic N) is 4. The largest absolute Gasteiger partial charge is 0.496 e. The zero-order valence-electron chi connectivity index (χ0n) is 16.6. The molecule has 1 saturated carbocycles. The molecule has 1 aliphatic carbocycles. The van der Waals surface area contributed by atoms with Gasteiger partial charge in [-0.25, -0.2) is 9.97 Å². The van der Waals surface area contributed by atoms with Crippen LogP contribution in [0.5, 0.6) is 5.75 Å². The van der Waals surface area contributed by atoms with Gasteiger partial charge in [0.25, 0.3) is 0 Å². The number of anilines is 1. The Kier molecular flexibility index (Phi) is 4.70. The molecule has 150 valence electrons. The minimum atomic E-state index is 0.157. The summed E-state index contributed by atoms with van der Waals surface area (Å²) in [6.45, 7) is 1.89. The Labute approximate surface area is 174 Å². The highest BCUT2D eigenvalue weighted by molar-refractivity contribution is 7.99. The number of fused-ring (bicyclic) bond motifs is 1. The predicted molar refractivity (Wildman–Crippen MR) is 116 cm³/mol. The molecule has 6 nitrogen and oxygen atoms in total. The van der Waals surface area contributed by atoms with Crippen LogP contribution < -0.4 is 9.64 Å². The van der Waals surface area contributed by atoms with Crippen LogP contribution in [0.15, 0.2) is 52.6 Å². The van der Waals surface area contributed by atoms with E-state index >= 15 is 0 Å². The molecule has 0 bridgehead atoms. The van der Waals surface area contributed by atoms with E-state index in [1.807, 2.05) is 36.8 Å². The fourth-order valence-electron chi connectivity index (χ4n) is 4.72. The first kappa shape index (κ1) is 18.5. The van der Waals surface area contributed by atoms with Gasteiger partial charge < -0.3 is 15.0 Å². The summed E-state index contributed by atoms with van der Waals surface area (Å²) in [4.78, 5) is 13.8. The molecule has 1 saturated heterocycles. The SMILES string of the molecule is COc1ccccc1Sc1cnc(N2CCC3(CCCC3=N)CC2)n2ccnc12. The fourth-order valence-corrected chi connectivity index (χ4v) is 5.70. The van der Waals surface area contributed by atoms with Gasteiger partial charge in [0, 0.05) is 42.8 Å². The van der Waals surface area contributed by atoms with Gasteiger partial charge in [0.05, 0.1) is 16.9 Å². The highest BCUT2D eigenvalue weighted by Crippen LogP contribution is 2.44. The summed E-state index contributed by atoms with van der Waals surface area (Å²) in [6, 6.07) is 8.01. The molecule has 5 rings (SSSR count). The standard InChI is InChI=1S/C22H25N5OS/c1-28-16-5-2-3-6-17(16)29-18-15-25-21(27-14-11-24-20(18)27)26-12-9-22(10-13-26)8-4-7-19(22)23/h2-3,5-6,11,14-15,23H,4,7-10,12-13H2,1H3. The van der Waals surface area contributed by atoms with Gasteiger partial charge in [-0.2, -0.15) is 0 Å². The first-order valence-electron chi connectivity index (χ1n) is 10.2. The van der Waals surface area contributed by atoms with Crippen molar-refractivity contribution in [3.63, 3.8) is 0 Å². The van der Waals surface area contributed by atoms with Crippen molar-refractivity contribution < 1.29 is 4.74 Å². The van der Waals surface area contributed by atoms with E-state index in [1.165, 1.54) is 12.8 Å². The highest BCUT2D eigenvalue weighted by Gasteiger charge is 2.41. The number of hydrogen-bond acceptors (Lipinski definition) is 6. The summed E-state index contributed by atoms with van der Waals surface area (Å²) in [6.07, 6.45) is 11.2. The van der Waals surface area contributed by atoms with E-state index in [-0.39, 0.29) is 5.41 Å². The third kappa shape index (κ3) is 3.17. The maximum atomic E-state index is 8.37. The minimum Gasteiger partial charge on any atom is -0.496 e. The van der Waals surface area contributed by atoms with Crippen molar-refractivity contribution in [2.45, 2.75) is 41.9 Å². The molecule has 29 heavy (non-hydrogen) atoms. The number of para-hydroxylation sites is 1. The smallest absolute Gasteiger partial charge is 0.211 e. The molecule has 0 amide bonds. The predicted octanol–water partition coefficient (Wildman–Crippen LogP) is 4.68. The molecule has 2 aliphatic rings. The van der Waals surface area contributed by atoms with Crippen LogP contribution in [-0.4, -0.2) is 40.3 Å². The van der Waals surface area contributed by atoms with Crippen molar-refractivity contribution >= 4 is 29.1 Å². The van der Waals surface area contributed by atoms with Crippen LogP contribution in [0.4, 0.5) is 5.95 Å². The van der Waals surface area contributed by atoms with E-state index < -0.39 is 0 Å². The third-order valence-corrected chi connectivity index (χ3v) is 7.45. The maximum Gasteiger partial charge on any atom is 0.211 e. The van der Waals surface area contributed by atoms with Gasteiger partial charge in [-0.15, -0.1) is 0 Å². The van der Waals surface area contributed by atoms with Crippen molar-refractivity contribution in [1.29, 1.82) is 5.41 Å². The number of aromatic nitrogens is 3. The molecule has 0 radical (unpaired) electrons. The van der Waals surface area contributed by atoms with Crippen LogP contribution >= 0.6 is 11.8 Å². The number of piperidine rings is 1. The topological polar surface area (TPSA) is 66.5 Å². The Morgan fingerprint density at radius 3 is 2.69 bits per heavy atom. The average molecular weight is 408 g/mol. The molecule has 2 fully saturated rings. The molecular formula is C22H25N5OS. The fraction of sp³-hybridized carbons (Fsp3) is 0.409. The van der Waals surface area contributed by atoms with Crippen LogP contribution in [0, 0.1) is 10.8 Å². The van der Waals surface area contributed by atoms with Gasteiger partial charge in [-0.1, -0.05) is 23.9 Å². The first-order valence-corrected chi connectivity index (χ1v) is 11.0. The monoisotopic (exact) mass is 407 g/mol. The lowest BCUT2D eigenvalue weighted by atomic mass is 9.76. The number of ether oxygens (including phenoxy) is 1. The first-order chi connectivity index (χ1) is 14.2. The Bertz CT molecular complexity index is 1050. The summed E-state index contributed by atoms with van der Waals surface area (Å²) in [5.41, 5.74) is 2.05. The summed E-state index contributed by atoms with van der Waals surface area (Å²) in [5.74, 6) is 1.80. The second kappa shape index (κ2) is 7.37. The quantitative estimate of drug-likeness (QED) is 0.680. The van der Waals surface area contributed by atoms with E-state index in [1.54, 1.807) is 18.9 Å². The van der Waals surface area contributed by atoms with Crippen molar-refractivity contribution in [3.8, 4) is 5.75 Å². The Balaban J connectivity index is 1.42.